The van der Waals surface area contributed by atoms with E-state index in [0.29, 0.717) is 5.92 Å². The molecule has 1 aliphatic carbocycles. The standard InChI is InChI=1S/C27H43ClF2Si/c1-2-3-6-19-31-20-17-23(18-21-31)8-5-4-7-22-9-11-24(12-10-22)25-13-15-26(16-14-25)27(28,29)30/h13-16,22-24,31H,2-12,17-21H2,1H3. The summed E-state index contributed by atoms with van der Waals surface area (Å²) in [6.45, 7) is 2.32. The highest BCUT2D eigenvalue weighted by Crippen LogP contribution is 2.39. The van der Waals surface area contributed by atoms with Crippen LogP contribution in [0.4, 0.5) is 8.78 Å². The average molecular weight is 469 g/mol. The van der Waals surface area contributed by atoms with Crippen LogP contribution in [0.5, 0.6) is 0 Å². The minimum absolute atomic E-state index is 0.0982. The second-order valence-corrected chi connectivity index (χ2v) is 14.4. The van der Waals surface area contributed by atoms with Crippen LogP contribution in [0.2, 0.25) is 18.1 Å². The van der Waals surface area contributed by atoms with Crippen LogP contribution < -0.4 is 0 Å². The van der Waals surface area contributed by atoms with E-state index in [-0.39, 0.29) is 14.4 Å². The third kappa shape index (κ3) is 8.46. The Morgan fingerprint density at radius 1 is 0.839 bits per heavy atom. The summed E-state index contributed by atoms with van der Waals surface area (Å²) >= 11 is 5.12. The molecule has 0 radical (unpaired) electrons. The molecule has 31 heavy (non-hydrogen) atoms. The van der Waals surface area contributed by atoms with Gasteiger partial charge in [-0.3, -0.25) is 0 Å². The second kappa shape index (κ2) is 12.7. The fourth-order valence-electron chi connectivity index (χ4n) is 6.09. The minimum Gasteiger partial charge on any atom is -0.183 e. The lowest BCUT2D eigenvalue weighted by Crippen LogP contribution is -2.21. The Balaban J connectivity index is 1.26. The number of rotatable bonds is 11. The lowest BCUT2D eigenvalue weighted by molar-refractivity contribution is 0.0951. The number of hydrogen-bond donors (Lipinski definition) is 0. The number of halogens is 3. The molecule has 1 saturated carbocycles. The molecule has 1 aromatic carbocycles. The first kappa shape index (κ1) is 25.2. The number of hydrogen-bond acceptors (Lipinski definition) is 0. The molecule has 4 heteroatoms. The summed E-state index contributed by atoms with van der Waals surface area (Å²) in [4.78, 5) is 0. The highest BCUT2D eigenvalue weighted by atomic mass is 35.5. The lowest BCUT2D eigenvalue weighted by Gasteiger charge is -2.30. The van der Waals surface area contributed by atoms with Crippen LogP contribution in [-0.2, 0) is 5.38 Å². The van der Waals surface area contributed by atoms with Crippen LogP contribution in [-0.4, -0.2) is 8.80 Å². The molecular formula is C27H43ClF2Si. The zero-order valence-corrected chi connectivity index (χ0v) is 21.5. The van der Waals surface area contributed by atoms with Gasteiger partial charge in [0.15, 0.2) is 0 Å². The molecule has 2 aliphatic rings. The third-order valence-corrected chi connectivity index (χ3v) is 12.0. The molecule has 0 bridgehead atoms. The largest absolute Gasteiger partial charge is 0.348 e. The van der Waals surface area contributed by atoms with Gasteiger partial charge in [0.25, 0.3) is 0 Å². The molecule has 1 saturated heterocycles. The molecule has 0 amide bonds. The summed E-state index contributed by atoms with van der Waals surface area (Å²) < 4.78 is 26.4. The van der Waals surface area contributed by atoms with Gasteiger partial charge in [-0.2, -0.15) is 8.78 Å². The van der Waals surface area contributed by atoms with Crippen molar-refractivity contribution in [2.75, 3.05) is 0 Å². The van der Waals surface area contributed by atoms with Gasteiger partial charge in [0.05, 0.1) is 0 Å². The molecule has 1 aromatic rings. The van der Waals surface area contributed by atoms with E-state index in [2.05, 4.69) is 6.92 Å². The van der Waals surface area contributed by atoms with E-state index in [1.165, 1.54) is 88.3 Å². The summed E-state index contributed by atoms with van der Waals surface area (Å²) in [7, 11) is -0.348. The summed E-state index contributed by atoms with van der Waals surface area (Å²) in [5, 5.41) is -3.26. The van der Waals surface area contributed by atoms with Crippen LogP contribution >= 0.6 is 11.6 Å². The van der Waals surface area contributed by atoms with E-state index in [4.69, 9.17) is 11.6 Å². The predicted octanol–water partition coefficient (Wildman–Crippen LogP) is 9.64. The van der Waals surface area contributed by atoms with Crippen molar-refractivity contribution in [1.29, 1.82) is 0 Å². The van der Waals surface area contributed by atoms with Gasteiger partial charge in [-0.05, 0) is 60.6 Å². The van der Waals surface area contributed by atoms with Crippen LogP contribution in [0.3, 0.4) is 0 Å². The van der Waals surface area contributed by atoms with Gasteiger partial charge < -0.3 is 0 Å². The fourth-order valence-corrected chi connectivity index (χ4v) is 9.83. The van der Waals surface area contributed by atoms with Crippen LogP contribution in [0, 0.1) is 11.8 Å². The first-order chi connectivity index (χ1) is 15.0. The molecule has 1 aliphatic heterocycles. The summed E-state index contributed by atoms with van der Waals surface area (Å²) in [5.74, 6) is 2.45. The van der Waals surface area contributed by atoms with Gasteiger partial charge >= 0.3 is 5.38 Å². The monoisotopic (exact) mass is 468 g/mol. The molecule has 0 N–H and O–H groups in total. The van der Waals surface area contributed by atoms with E-state index in [9.17, 15) is 8.78 Å². The Morgan fingerprint density at radius 3 is 1.97 bits per heavy atom. The van der Waals surface area contributed by atoms with Crippen molar-refractivity contribution in [3.05, 3.63) is 35.4 Å². The van der Waals surface area contributed by atoms with Crippen molar-refractivity contribution in [1.82, 2.24) is 0 Å². The van der Waals surface area contributed by atoms with Crippen LogP contribution in [0.15, 0.2) is 24.3 Å². The molecular weight excluding hydrogens is 426 g/mol. The summed E-state index contributed by atoms with van der Waals surface area (Å²) in [5.41, 5.74) is 1.11. The molecule has 0 nitrogen and oxygen atoms in total. The molecule has 0 unspecified atom stereocenters. The minimum atomic E-state index is -3.26. The smallest absolute Gasteiger partial charge is 0.183 e. The number of unbranched alkanes of at least 4 members (excludes halogenated alkanes) is 3. The van der Waals surface area contributed by atoms with Crippen molar-refractivity contribution in [2.24, 2.45) is 11.8 Å². The Kier molecular flexibility index (Phi) is 10.4. The summed E-state index contributed by atoms with van der Waals surface area (Å²) in [6, 6.07) is 11.6. The first-order valence-corrected chi connectivity index (χ1v) is 16.0. The van der Waals surface area contributed by atoms with Gasteiger partial charge in [0, 0.05) is 14.4 Å². The average Bonchev–Trinajstić information content (AvgIpc) is 2.78. The van der Waals surface area contributed by atoms with E-state index in [1.54, 1.807) is 31.0 Å². The molecule has 0 spiro atoms. The lowest BCUT2D eigenvalue weighted by atomic mass is 9.77. The predicted molar refractivity (Wildman–Crippen MR) is 133 cm³/mol. The maximum atomic E-state index is 13.2. The molecule has 0 aromatic heterocycles. The molecule has 176 valence electrons. The van der Waals surface area contributed by atoms with Crippen molar-refractivity contribution in [3.8, 4) is 0 Å². The fraction of sp³-hybridized carbons (Fsp3) is 0.778. The Labute approximate surface area is 196 Å². The van der Waals surface area contributed by atoms with Crippen molar-refractivity contribution in [2.45, 2.75) is 120 Å². The maximum Gasteiger partial charge on any atom is 0.348 e. The normalized spacial score (nSPS) is 27.4. The molecule has 3 rings (SSSR count). The molecule has 1 heterocycles. The first-order valence-electron chi connectivity index (χ1n) is 13.1. The summed E-state index contributed by atoms with van der Waals surface area (Å²) in [6.07, 6.45) is 18.1. The maximum absolute atomic E-state index is 13.2. The Morgan fingerprint density at radius 2 is 1.42 bits per heavy atom. The van der Waals surface area contributed by atoms with E-state index in [1.807, 2.05) is 12.1 Å². The van der Waals surface area contributed by atoms with Crippen molar-refractivity contribution < 1.29 is 8.78 Å². The van der Waals surface area contributed by atoms with E-state index >= 15 is 0 Å². The SMILES string of the molecule is CCCCC[SiH]1CCC(CCCCC2CCC(c3ccc(C(F)(F)Cl)cc3)CC2)CC1. The topological polar surface area (TPSA) is 0 Å². The number of benzene rings is 1. The van der Waals surface area contributed by atoms with Gasteiger partial charge in [-0.25, -0.2) is 0 Å². The van der Waals surface area contributed by atoms with E-state index in [0.717, 1.165) is 11.8 Å². The van der Waals surface area contributed by atoms with Crippen LogP contribution in [0.25, 0.3) is 0 Å². The second-order valence-electron chi connectivity index (χ2n) is 10.5. The quantitative estimate of drug-likeness (QED) is 0.172. The van der Waals surface area contributed by atoms with Gasteiger partial charge in [0.2, 0.25) is 0 Å². The Hall–Kier alpha value is -0.413. The molecule has 0 atom stereocenters. The van der Waals surface area contributed by atoms with Gasteiger partial charge in [0.1, 0.15) is 0 Å². The van der Waals surface area contributed by atoms with Gasteiger partial charge in [-0.1, -0.05) is 107 Å². The van der Waals surface area contributed by atoms with Gasteiger partial charge in [-0.15, -0.1) is 0 Å². The zero-order chi connectivity index (χ0) is 22.1. The van der Waals surface area contributed by atoms with Crippen molar-refractivity contribution >= 4 is 20.4 Å². The third-order valence-electron chi connectivity index (χ3n) is 8.21. The zero-order valence-electron chi connectivity index (χ0n) is 19.6. The molecule has 2 fully saturated rings. The highest BCUT2D eigenvalue weighted by Gasteiger charge is 2.28. The van der Waals surface area contributed by atoms with Crippen molar-refractivity contribution in [3.63, 3.8) is 0 Å². The highest BCUT2D eigenvalue weighted by molar-refractivity contribution is 6.58. The number of alkyl halides is 3. The van der Waals surface area contributed by atoms with E-state index < -0.39 is 5.38 Å². The Bertz CT molecular complexity index is 611. The van der Waals surface area contributed by atoms with Crippen LogP contribution in [0.1, 0.15) is 107 Å².